The summed E-state index contributed by atoms with van der Waals surface area (Å²) >= 11 is 0. The van der Waals surface area contributed by atoms with Gasteiger partial charge in [-0.3, -0.25) is 9.59 Å². The minimum absolute atomic E-state index is 0.0268. The van der Waals surface area contributed by atoms with Gasteiger partial charge in [-0.15, -0.1) is 0 Å². The normalized spacial score (nSPS) is 18.9. The van der Waals surface area contributed by atoms with Crippen molar-refractivity contribution in [3.63, 3.8) is 0 Å². The Hall–Kier alpha value is -1.84. The quantitative estimate of drug-likeness (QED) is 0.884. The highest BCUT2D eigenvalue weighted by atomic mass is 16.4. The molecule has 1 amide bonds. The van der Waals surface area contributed by atoms with Crippen molar-refractivity contribution in [3.8, 4) is 0 Å². The van der Waals surface area contributed by atoms with Gasteiger partial charge in [0.15, 0.2) is 0 Å². The van der Waals surface area contributed by atoms with E-state index >= 15 is 0 Å². The molecule has 1 atom stereocenters. The third-order valence-corrected chi connectivity index (χ3v) is 3.62. The molecule has 1 heterocycles. The molecule has 1 aromatic rings. The zero-order valence-electron chi connectivity index (χ0n) is 11.1. The summed E-state index contributed by atoms with van der Waals surface area (Å²) in [5.74, 6) is -0.628. The Labute approximate surface area is 113 Å². The molecule has 4 heteroatoms. The zero-order chi connectivity index (χ0) is 13.8. The molecule has 0 radical (unpaired) electrons. The molecule has 1 aromatic carbocycles. The van der Waals surface area contributed by atoms with Gasteiger partial charge in [0.05, 0.1) is 6.42 Å². The first kappa shape index (κ1) is 13.6. The first-order valence-corrected chi connectivity index (χ1v) is 6.69. The van der Waals surface area contributed by atoms with Gasteiger partial charge in [-0.2, -0.15) is 0 Å². The Kier molecular flexibility index (Phi) is 4.20. The highest BCUT2D eigenvalue weighted by molar-refractivity contribution is 5.78. The third-order valence-electron chi connectivity index (χ3n) is 3.62. The van der Waals surface area contributed by atoms with E-state index < -0.39 is 5.97 Å². The highest BCUT2D eigenvalue weighted by Gasteiger charge is 2.29. The number of rotatable bonds is 5. The van der Waals surface area contributed by atoms with E-state index in [1.807, 2.05) is 23.1 Å². The van der Waals surface area contributed by atoms with Crippen LogP contribution in [0.15, 0.2) is 24.3 Å². The van der Waals surface area contributed by atoms with E-state index in [0.29, 0.717) is 19.0 Å². The van der Waals surface area contributed by atoms with Crippen LogP contribution in [0.4, 0.5) is 0 Å². The third kappa shape index (κ3) is 3.34. The van der Waals surface area contributed by atoms with Crippen molar-refractivity contribution in [1.82, 2.24) is 4.90 Å². The van der Waals surface area contributed by atoms with Crippen LogP contribution in [-0.4, -0.2) is 27.9 Å². The summed E-state index contributed by atoms with van der Waals surface area (Å²) in [5, 5.41) is 8.80. The van der Waals surface area contributed by atoms with Crippen LogP contribution in [0.5, 0.6) is 0 Å². The SMILES string of the molecule is CCC1CCC(=O)N1Cc1cccc(CC(=O)O)c1. The number of amides is 1. The van der Waals surface area contributed by atoms with Crippen molar-refractivity contribution in [2.24, 2.45) is 0 Å². The number of aliphatic carboxylic acids is 1. The second-order valence-corrected chi connectivity index (χ2v) is 5.01. The van der Waals surface area contributed by atoms with Gasteiger partial charge in [0.2, 0.25) is 5.91 Å². The summed E-state index contributed by atoms with van der Waals surface area (Å²) in [5.41, 5.74) is 1.79. The highest BCUT2D eigenvalue weighted by Crippen LogP contribution is 2.23. The van der Waals surface area contributed by atoms with E-state index in [4.69, 9.17) is 5.11 Å². The van der Waals surface area contributed by atoms with E-state index in [-0.39, 0.29) is 12.3 Å². The lowest BCUT2D eigenvalue weighted by atomic mass is 10.1. The van der Waals surface area contributed by atoms with Crippen molar-refractivity contribution >= 4 is 11.9 Å². The summed E-state index contributed by atoms with van der Waals surface area (Å²) in [6.07, 6.45) is 2.57. The van der Waals surface area contributed by atoms with Gasteiger partial charge in [0.1, 0.15) is 0 Å². The zero-order valence-corrected chi connectivity index (χ0v) is 11.1. The molecular weight excluding hydrogens is 242 g/mol. The molecule has 1 fully saturated rings. The van der Waals surface area contributed by atoms with E-state index in [1.165, 1.54) is 0 Å². The van der Waals surface area contributed by atoms with Crippen molar-refractivity contribution in [1.29, 1.82) is 0 Å². The van der Waals surface area contributed by atoms with Crippen LogP contribution >= 0.6 is 0 Å². The molecule has 1 aliphatic heterocycles. The summed E-state index contributed by atoms with van der Waals surface area (Å²) in [4.78, 5) is 24.5. The van der Waals surface area contributed by atoms with Gasteiger partial charge in [-0.05, 0) is 24.0 Å². The van der Waals surface area contributed by atoms with E-state index in [0.717, 1.165) is 24.0 Å². The summed E-state index contributed by atoms with van der Waals surface area (Å²) < 4.78 is 0. The average molecular weight is 261 g/mol. The summed E-state index contributed by atoms with van der Waals surface area (Å²) in [6, 6.07) is 7.82. The van der Waals surface area contributed by atoms with Crippen LogP contribution in [0.3, 0.4) is 0 Å². The van der Waals surface area contributed by atoms with Crippen LogP contribution in [0, 0.1) is 0 Å². The molecule has 19 heavy (non-hydrogen) atoms. The van der Waals surface area contributed by atoms with Crippen molar-refractivity contribution in [3.05, 3.63) is 35.4 Å². The number of hydrogen-bond donors (Lipinski definition) is 1. The number of carbonyl (C=O) groups excluding carboxylic acids is 1. The minimum atomic E-state index is -0.833. The maximum atomic E-state index is 11.8. The average Bonchev–Trinajstić information content (AvgIpc) is 2.70. The monoisotopic (exact) mass is 261 g/mol. The maximum absolute atomic E-state index is 11.8. The summed E-state index contributed by atoms with van der Waals surface area (Å²) in [6.45, 7) is 2.68. The molecule has 1 unspecified atom stereocenters. The van der Waals surface area contributed by atoms with Gasteiger partial charge in [-0.25, -0.2) is 0 Å². The maximum Gasteiger partial charge on any atom is 0.307 e. The molecular formula is C15H19NO3. The van der Waals surface area contributed by atoms with Crippen LogP contribution in [0.1, 0.15) is 37.3 Å². The van der Waals surface area contributed by atoms with Gasteiger partial charge in [0.25, 0.3) is 0 Å². The van der Waals surface area contributed by atoms with E-state index in [1.54, 1.807) is 6.07 Å². The molecule has 0 aliphatic carbocycles. The van der Waals surface area contributed by atoms with Crippen molar-refractivity contribution in [2.45, 2.75) is 45.2 Å². The molecule has 4 nitrogen and oxygen atoms in total. The fourth-order valence-corrected chi connectivity index (χ4v) is 2.64. The Balaban J connectivity index is 2.10. The van der Waals surface area contributed by atoms with E-state index in [9.17, 15) is 9.59 Å². The van der Waals surface area contributed by atoms with Gasteiger partial charge in [0, 0.05) is 19.0 Å². The lowest BCUT2D eigenvalue weighted by Crippen LogP contribution is -2.31. The van der Waals surface area contributed by atoms with Crippen molar-refractivity contribution in [2.75, 3.05) is 0 Å². The Bertz CT molecular complexity index is 484. The first-order chi connectivity index (χ1) is 9.10. The second kappa shape index (κ2) is 5.87. The first-order valence-electron chi connectivity index (χ1n) is 6.69. The fraction of sp³-hybridized carbons (Fsp3) is 0.467. The smallest absolute Gasteiger partial charge is 0.307 e. The number of carboxylic acids is 1. The van der Waals surface area contributed by atoms with Gasteiger partial charge >= 0.3 is 5.97 Å². The van der Waals surface area contributed by atoms with Crippen LogP contribution in [-0.2, 0) is 22.6 Å². The molecule has 102 valence electrons. The Morgan fingerprint density at radius 1 is 1.42 bits per heavy atom. The fourth-order valence-electron chi connectivity index (χ4n) is 2.64. The molecule has 0 bridgehead atoms. The Morgan fingerprint density at radius 3 is 2.84 bits per heavy atom. The topological polar surface area (TPSA) is 57.6 Å². The molecule has 1 N–H and O–H groups in total. The molecule has 0 saturated carbocycles. The second-order valence-electron chi connectivity index (χ2n) is 5.01. The predicted molar refractivity (Wildman–Crippen MR) is 71.6 cm³/mol. The van der Waals surface area contributed by atoms with Crippen LogP contribution in [0.25, 0.3) is 0 Å². The summed E-state index contributed by atoms with van der Waals surface area (Å²) in [7, 11) is 0. The van der Waals surface area contributed by atoms with Crippen molar-refractivity contribution < 1.29 is 14.7 Å². The number of benzene rings is 1. The molecule has 2 rings (SSSR count). The van der Waals surface area contributed by atoms with Crippen LogP contribution in [0.2, 0.25) is 0 Å². The van der Waals surface area contributed by atoms with E-state index in [2.05, 4.69) is 6.92 Å². The number of carbonyl (C=O) groups is 2. The number of carboxylic acid groups (broad SMARTS) is 1. The molecule has 0 spiro atoms. The molecule has 0 aromatic heterocycles. The minimum Gasteiger partial charge on any atom is -0.481 e. The number of hydrogen-bond acceptors (Lipinski definition) is 2. The van der Waals surface area contributed by atoms with Crippen LogP contribution < -0.4 is 0 Å². The van der Waals surface area contributed by atoms with Gasteiger partial charge in [-0.1, -0.05) is 31.2 Å². The molecule has 1 saturated heterocycles. The Morgan fingerprint density at radius 2 is 2.16 bits per heavy atom. The largest absolute Gasteiger partial charge is 0.481 e. The number of likely N-dealkylation sites (tertiary alicyclic amines) is 1. The molecule has 1 aliphatic rings. The lowest BCUT2D eigenvalue weighted by molar-refractivity contribution is -0.136. The lowest BCUT2D eigenvalue weighted by Gasteiger charge is -2.24. The number of nitrogens with zero attached hydrogens (tertiary/aromatic N) is 1. The predicted octanol–water partition coefficient (Wildman–Crippen LogP) is 2.21. The standard InChI is InChI=1S/C15H19NO3/c1-2-13-6-7-14(17)16(13)10-12-5-3-4-11(8-12)9-15(18)19/h3-5,8,13H,2,6-7,9-10H2,1H3,(H,18,19). The van der Waals surface area contributed by atoms with Gasteiger partial charge < -0.3 is 10.0 Å².